The lowest BCUT2D eigenvalue weighted by Gasteiger charge is -2.13. The second kappa shape index (κ2) is 5.24. The molecule has 2 N–H and O–H groups in total. The summed E-state index contributed by atoms with van der Waals surface area (Å²) in [5.41, 5.74) is 3.75. The van der Waals surface area contributed by atoms with Crippen molar-refractivity contribution in [2.45, 2.75) is 19.5 Å². The van der Waals surface area contributed by atoms with Gasteiger partial charge in [0.05, 0.1) is 0 Å². The van der Waals surface area contributed by atoms with Crippen molar-refractivity contribution in [3.63, 3.8) is 0 Å². The zero-order valence-electron chi connectivity index (χ0n) is 10.9. The summed E-state index contributed by atoms with van der Waals surface area (Å²) >= 11 is 0. The molecule has 3 nitrogen and oxygen atoms in total. The van der Waals surface area contributed by atoms with Crippen molar-refractivity contribution in [1.82, 2.24) is 15.3 Å². The maximum absolute atomic E-state index is 4.05. The van der Waals surface area contributed by atoms with Gasteiger partial charge in [-0.15, -0.1) is 0 Å². The minimum absolute atomic E-state index is 0.316. The van der Waals surface area contributed by atoms with E-state index in [2.05, 4.69) is 52.7 Å². The second-order valence-electron chi connectivity index (χ2n) is 4.74. The fourth-order valence-corrected chi connectivity index (χ4v) is 2.31. The summed E-state index contributed by atoms with van der Waals surface area (Å²) in [4.78, 5) is 7.35. The van der Waals surface area contributed by atoms with E-state index in [-0.39, 0.29) is 0 Å². The van der Waals surface area contributed by atoms with Crippen LogP contribution in [0, 0.1) is 0 Å². The number of nitrogens with zero attached hydrogens (tertiary/aromatic N) is 1. The molecule has 0 fully saturated rings. The Morgan fingerprint density at radius 1 is 1.16 bits per heavy atom. The van der Waals surface area contributed by atoms with Crippen LogP contribution in [0.1, 0.15) is 24.1 Å². The number of aromatic amines is 1. The molecule has 0 bridgehead atoms. The first-order valence-electron chi connectivity index (χ1n) is 6.53. The fraction of sp³-hybridized carbons (Fsp3) is 0.188. The number of pyridine rings is 1. The second-order valence-corrected chi connectivity index (χ2v) is 4.74. The third kappa shape index (κ3) is 2.51. The molecule has 0 saturated heterocycles. The van der Waals surface area contributed by atoms with E-state index in [1.165, 1.54) is 22.0 Å². The first-order chi connectivity index (χ1) is 9.34. The molecule has 2 heterocycles. The van der Waals surface area contributed by atoms with Gasteiger partial charge in [-0.05, 0) is 36.2 Å². The smallest absolute Gasteiger partial charge is 0.0457 e. The summed E-state index contributed by atoms with van der Waals surface area (Å²) in [5.74, 6) is 0. The zero-order valence-corrected chi connectivity index (χ0v) is 10.9. The normalized spacial score (nSPS) is 12.7. The summed E-state index contributed by atoms with van der Waals surface area (Å²) < 4.78 is 0. The summed E-state index contributed by atoms with van der Waals surface area (Å²) in [7, 11) is 0. The summed E-state index contributed by atoms with van der Waals surface area (Å²) in [5, 5.41) is 4.83. The minimum atomic E-state index is 0.316. The van der Waals surface area contributed by atoms with Crippen molar-refractivity contribution >= 4 is 10.9 Å². The van der Waals surface area contributed by atoms with E-state index in [4.69, 9.17) is 0 Å². The lowest BCUT2D eigenvalue weighted by molar-refractivity contribution is 0.576. The van der Waals surface area contributed by atoms with Crippen molar-refractivity contribution in [2.24, 2.45) is 0 Å². The SMILES string of the molecule is C[C@H](NCc1c[nH]c2ccccc12)c1ccncc1. The molecule has 3 rings (SSSR count). The third-order valence-corrected chi connectivity index (χ3v) is 3.48. The van der Waals surface area contributed by atoms with Gasteiger partial charge in [0, 0.05) is 42.1 Å². The Morgan fingerprint density at radius 2 is 1.95 bits per heavy atom. The molecule has 0 unspecified atom stereocenters. The number of benzene rings is 1. The van der Waals surface area contributed by atoms with E-state index in [1.807, 2.05) is 24.5 Å². The number of hydrogen-bond acceptors (Lipinski definition) is 2. The standard InChI is InChI=1S/C16H17N3/c1-12(13-6-8-17-9-7-13)18-10-14-11-19-16-5-3-2-4-15(14)16/h2-9,11-12,18-19H,10H2,1H3/t12-/m0/s1. The van der Waals surface area contributed by atoms with Crippen LogP contribution in [-0.2, 0) is 6.54 Å². The molecule has 0 aliphatic carbocycles. The van der Waals surface area contributed by atoms with Crippen molar-refractivity contribution in [3.8, 4) is 0 Å². The first kappa shape index (κ1) is 11.9. The van der Waals surface area contributed by atoms with Crippen LogP contribution in [0.25, 0.3) is 10.9 Å². The van der Waals surface area contributed by atoms with Gasteiger partial charge in [-0.1, -0.05) is 18.2 Å². The van der Waals surface area contributed by atoms with Gasteiger partial charge in [-0.25, -0.2) is 0 Å². The van der Waals surface area contributed by atoms with Gasteiger partial charge in [-0.3, -0.25) is 4.98 Å². The van der Waals surface area contributed by atoms with Gasteiger partial charge in [0.15, 0.2) is 0 Å². The van der Waals surface area contributed by atoms with Crippen LogP contribution < -0.4 is 5.32 Å². The Kier molecular flexibility index (Phi) is 3.29. The Hall–Kier alpha value is -2.13. The van der Waals surface area contributed by atoms with E-state index in [9.17, 15) is 0 Å². The maximum atomic E-state index is 4.05. The molecule has 0 radical (unpaired) electrons. The average molecular weight is 251 g/mol. The molecule has 0 aliphatic heterocycles. The quantitative estimate of drug-likeness (QED) is 0.746. The topological polar surface area (TPSA) is 40.7 Å². The van der Waals surface area contributed by atoms with Crippen LogP contribution in [0.4, 0.5) is 0 Å². The molecule has 0 aliphatic rings. The fourth-order valence-electron chi connectivity index (χ4n) is 2.31. The molecule has 0 spiro atoms. The molecule has 1 atom stereocenters. The molecule has 3 aromatic rings. The van der Waals surface area contributed by atoms with Gasteiger partial charge in [-0.2, -0.15) is 0 Å². The monoisotopic (exact) mass is 251 g/mol. The number of para-hydroxylation sites is 1. The van der Waals surface area contributed by atoms with Gasteiger partial charge >= 0.3 is 0 Å². The van der Waals surface area contributed by atoms with Gasteiger partial charge in [0.2, 0.25) is 0 Å². The van der Waals surface area contributed by atoms with Gasteiger partial charge in [0.25, 0.3) is 0 Å². The maximum Gasteiger partial charge on any atom is 0.0457 e. The van der Waals surface area contributed by atoms with Crippen molar-refractivity contribution < 1.29 is 0 Å². The van der Waals surface area contributed by atoms with Crippen LogP contribution in [0.2, 0.25) is 0 Å². The Morgan fingerprint density at radius 3 is 2.79 bits per heavy atom. The number of H-pyrrole nitrogens is 1. The summed E-state index contributed by atoms with van der Waals surface area (Å²) in [6.07, 6.45) is 5.75. The third-order valence-electron chi connectivity index (χ3n) is 3.48. The predicted octanol–water partition coefficient (Wildman–Crippen LogP) is 3.41. The van der Waals surface area contributed by atoms with Crippen LogP contribution >= 0.6 is 0 Å². The Bertz CT molecular complexity index is 658. The molecular weight excluding hydrogens is 234 g/mol. The van der Waals surface area contributed by atoms with Crippen LogP contribution in [0.3, 0.4) is 0 Å². The number of nitrogens with one attached hydrogen (secondary N) is 2. The number of rotatable bonds is 4. The first-order valence-corrected chi connectivity index (χ1v) is 6.53. The number of fused-ring (bicyclic) bond motifs is 1. The summed E-state index contributed by atoms with van der Waals surface area (Å²) in [6.45, 7) is 3.03. The highest BCUT2D eigenvalue weighted by atomic mass is 14.9. The van der Waals surface area contributed by atoms with Crippen LogP contribution in [0.15, 0.2) is 55.0 Å². The number of aromatic nitrogens is 2. The van der Waals surface area contributed by atoms with E-state index < -0.39 is 0 Å². The molecule has 0 amide bonds. The van der Waals surface area contributed by atoms with E-state index in [0.29, 0.717) is 6.04 Å². The van der Waals surface area contributed by atoms with E-state index in [0.717, 1.165) is 6.54 Å². The van der Waals surface area contributed by atoms with Gasteiger partial charge in [0.1, 0.15) is 0 Å². The van der Waals surface area contributed by atoms with Crippen LogP contribution in [0.5, 0.6) is 0 Å². The predicted molar refractivity (Wildman–Crippen MR) is 77.8 cm³/mol. The minimum Gasteiger partial charge on any atom is -0.361 e. The highest BCUT2D eigenvalue weighted by Gasteiger charge is 2.06. The molecule has 2 aromatic heterocycles. The molecular formula is C16H17N3. The lowest BCUT2D eigenvalue weighted by atomic mass is 10.1. The largest absolute Gasteiger partial charge is 0.361 e. The lowest BCUT2D eigenvalue weighted by Crippen LogP contribution is -2.17. The molecule has 19 heavy (non-hydrogen) atoms. The highest BCUT2D eigenvalue weighted by molar-refractivity contribution is 5.82. The molecule has 1 aromatic carbocycles. The Balaban J connectivity index is 1.73. The van der Waals surface area contributed by atoms with Crippen molar-refractivity contribution in [2.75, 3.05) is 0 Å². The van der Waals surface area contributed by atoms with Gasteiger partial charge < -0.3 is 10.3 Å². The molecule has 0 saturated carbocycles. The van der Waals surface area contributed by atoms with E-state index in [1.54, 1.807) is 0 Å². The Labute approximate surface area is 112 Å². The average Bonchev–Trinajstić information content (AvgIpc) is 2.89. The molecule has 96 valence electrons. The van der Waals surface area contributed by atoms with Crippen LogP contribution in [-0.4, -0.2) is 9.97 Å². The zero-order chi connectivity index (χ0) is 13.1. The van der Waals surface area contributed by atoms with E-state index >= 15 is 0 Å². The van der Waals surface area contributed by atoms with Crippen molar-refractivity contribution in [1.29, 1.82) is 0 Å². The van der Waals surface area contributed by atoms with Crippen molar-refractivity contribution in [3.05, 3.63) is 66.1 Å². The number of hydrogen-bond donors (Lipinski definition) is 2. The molecule has 3 heteroatoms. The summed E-state index contributed by atoms with van der Waals surface area (Å²) in [6, 6.07) is 12.8. The highest BCUT2D eigenvalue weighted by Crippen LogP contribution is 2.19.